The number of ether oxygens (including phenoxy) is 3. The maximum Gasteiger partial charge on any atom is 0.471 e. The predicted molar refractivity (Wildman–Crippen MR) is 77.9 cm³/mol. The number of benzene rings is 1. The first-order valence-corrected chi connectivity index (χ1v) is 6.58. The predicted octanol–water partition coefficient (Wildman–Crippen LogP) is 2.68. The lowest BCUT2D eigenvalue weighted by Gasteiger charge is -2.15. The molecule has 1 N–H and O–H groups in total. The van der Waals surface area contributed by atoms with Crippen molar-refractivity contribution in [3.63, 3.8) is 0 Å². The largest absolute Gasteiger partial charge is 0.496 e. The van der Waals surface area contributed by atoms with E-state index >= 15 is 0 Å². The summed E-state index contributed by atoms with van der Waals surface area (Å²) in [6.07, 6.45) is -2.53. The van der Waals surface area contributed by atoms with Crippen molar-refractivity contribution < 1.29 is 32.2 Å². The second-order valence-corrected chi connectivity index (χ2v) is 4.41. The van der Waals surface area contributed by atoms with Gasteiger partial charge >= 0.3 is 12.1 Å². The number of rotatable bonds is 7. The minimum Gasteiger partial charge on any atom is -0.496 e. The summed E-state index contributed by atoms with van der Waals surface area (Å²) in [7, 11) is 4.45. The monoisotopic (exact) mass is 333 g/mol. The van der Waals surface area contributed by atoms with Crippen LogP contribution in [-0.2, 0) is 14.3 Å². The first-order valence-electron chi connectivity index (χ1n) is 6.58. The van der Waals surface area contributed by atoms with Gasteiger partial charge in [-0.2, -0.15) is 13.2 Å². The molecule has 23 heavy (non-hydrogen) atoms. The number of methoxy groups -OCH3 is 3. The molecule has 0 aromatic heterocycles. The van der Waals surface area contributed by atoms with Crippen molar-refractivity contribution in [1.29, 1.82) is 0 Å². The van der Waals surface area contributed by atoms with Crippen LogP contribution in [0, 0.1) is 0 Å². The Morgan fingerprint density at radius 3 is 2.43 bits per heavy atom. The average molecular weight is 333 g/mol. The van der Waals surface area contributed by atoms with Crippen LogP contribution in [0.2, 0.25) is 0 Å². The van der Waals surface area contributed by atoms with Crippen molar-refractivity contribution in [2.24, 2.45) is 0 Å². The van der Waals surface area contributed by atoms with E-state index in [1.165, 1.54) is 27.4 Å². The SMILES string of the molecule is COc1ccc(C(OC)OC)cc1C=CCNC(=O)C(F)(F)F. The summed E-state index contributed by atoms with van der Waals surface area (Å²) < 4.78 is 51.6. The molecule has 8 heteroatoms. The molecule has 1 aromatic rings. The van der Waals surface area contributed by atoms with E-state index in [1.54, 1.807) is 29.6 Å². The van der Waals surface area contributed by atoms with Gasteiger partial charge in [0, 0.05) is 31.9 Å². The molecular weight excluding hydrogens is 315 g/mol. The summed E-state index contributed by atoms with van der Waals surface area (Å²) in [5.74, 6) is -1.46. The highest BCUT2D eigenvalue weighted by atomic mass is 19.4. The van der Waals surface area contributed by atoms with Crippen molar-refractivity contribution in [3.8, 4) is 5.75 Å². The quantitative estimate of drug-likeness (QED) is 0.780. The third-order valence-corrected chi connectivity index (χ3v) is 2.89. The zero-order chi connectivity index (χ0) is 17.5. The van der Waals surface area contributed by atoms with Crippen LogP contribution in [0.25, 0.3) is 6.08 Å². The number of amides is 1. The van der Waals surface area contributed by atoms with Crippen LogP contribution in [0.1, 0.15) is 17.4 Å². The van der Waals surface area contributed by atoms with Gasteiger partial charge in [0.2, 0.25) is 0 Å². The molecule has 0 atom stereocenters. The number of nitrogens with one attached hydrogen (secondary N) is 1. The number of hydrogen-bond acceptors (Lipinski definition) is 4. The fourth-order valence-corrected chi connectivity index (χ4v) is 1.84. The molecule has 0 aliphatic carbocycles. The molecule has 128 valence electrons. The summed E-state index contributed by atoms with van der Waals surface area (Å²) in [5, 5.41) is 1.75. The van der Waals surface area contributed by atoms with Crippen molar-refractivity contribution in [3.05, 3.63) is 35.4 Å². The van der Waals surface area contributed by atoms with Crippen LogP contribution >= 0.6 is 0 Å². The van der Waals surface area contributed by atoms with Gasteiger partial charge in [-0.3, -0.25) is 4.79 Å². The van der Waals surface area contributed by atoms with Crippen molar-refractivity contribution in [2.45, 2.75) is 12.5 Å². The number of hydrogen-bond donors (Lipinski definition) is 1. The van der Waals surface area contributed by atoms with Gasteiger partial charge in [-0.1, -0.05) is 18.2 Å². The molecule has 1 rings (SSSR count). The van der Waals surface area contributed by atoms with Gasteiger partial charge in [-0.15, -0.1) is 0 Å². The van der Waals surface area contributed by atoms with E-state index in [-0.39, 0.29) is 6.54 Å². The van der Waals surface area contributed by atoms with Gasteiger partial charge in [0.25, 0.3) is 0 Å². The third-order valence-electron chi connectivity index (χ3n) is 2.89. The molecule has 0 aliphatic heterocycles. The molecule has 0 bridgehead atoms. The fourth-order valence-electron chi connectivity index (χ4n) is 1.84. The van der Waals surface area contributed by atoms with Crippen LogP contribution in [0.4, 0.5) is 13.2 Å². The van der Waals surface area contributed by atoms with Crippen LogP contribution in [0.5, 0.6) is 5.75 Å². The molecule has 0 unspecified atom stereocenters. The van der Waals surface area contributed by atoms with Crippen molar-refractivity contribution in [1.82, 2.24) is 5.32 Å². The van der Waals surface area contributed by atoms with E-state index in [9.17, 15) is 18.0 Å². The van der Waals surface area contributed by atoms with E-state index in [4.69, 9.17) is 14.2 Å². The van der Waals surface area contributed by atoms with Crippen LogP contribution < -0.4 is 10.1 Å². The number of carbonyl (C=O) groups is 1. The molecule has 1 amide bonds. The van der Waals surface area contributed by atoms with E-state index in [1.807, 2.05) is 0 Å². The van der Waals surface area contributed by atoms with Gasteiger partial charge in [0.1, 0.15) is 5.75 Å². The Kier molecular flexibility index (Phi) is 7.05. The lowest BCUT2D eigenvalue weighted by Crippen LogP contribution is -2.36. The number of alkyl halides is 3. The standard InChI is InChI=1S/C15H18F3NO4/c1-21-12-7-6-11(13(22-2)23-3)9-10(12)5-4-8-19-14(20)15(16,17)18/h4-7,9,13H,8H2,1-3H3,(H,19,20). The van der Waals surface area contributed by atoms with Gasteiger partial charge in [-0.05, 0) is 12.1 Å². The van der Waals surface area contributed by atoms with Gasteiger partial charge in [-0.25, -0.2) is 0 Å². The number of carbonyl (C=O) groups excluding carboxylic acids is 1. The zero-order valence-electron chi connectivity index (χ0n) is 12.9. The minimum atomic E-state index is -4.89. The normalized spacial score (nSPS) is 12.0. The summed E-state index contributed by atoms with van der Waals surface area (Å²) >= 11 is 0. The molecule has 0 saturated carbocycles. The Hall–Kier alpha value is -2.06. The third kappa shape index (κ3) is 5.57. The Morgan fingerprint density at radius 2 is 1.91 bits per heavy atom. The summed E-state index contributed by atoms with van der Waals surface area (Å²) in [6.45, 7) is -0.260. The highest BCUT2D eigenvalue weighted by Gasteiger charge is 2.37. The molecule has 0 saturated heterocycles. The van der Waals surface area contributed by atoms with E-state index < -0.39 is 18.4 Å². The Morgan fingerprint density at radius 1 is 1.26 bits per heavy atom. The van der Waals surface area contributed by atoms with Gasteiger partial charge in [0.15, 0.2) is 6.29 Å². The van der Waals surface area contributed by atoms with E-state index in [0.717, 1.165) is 5.56 Å². The second-order valence-electron chi connectivity index (χ2n) is 4.41. The molecule has 1 aromatic carbocycles. The Bertz CT molecular complexity index is 554. The van der Waals surface area contributed by atoms with E-state index in [2.05, 4.69) is 0 Å². The lowest BCUT2D eigenvalue weighted by atomic mass is 10.1. The highest BCUT2D eigenvalue weighted by Crippen LogP contribution is 2.26. The zero-order valence-corrected chi connectivity index (χ0v) is 12.9. The Balaban J connectivity index is 2.83. The second kappa shape index (κ2) is 8.54. The summed E-state index contributed by atoms with van der Waals surface area (Å²) in [5.41, 5.74) is 1.33. The maximum atomic E-state index is 12.1. The van der Waals surface area contributed by atoms with Gasteiger partial charge < -0.3 is 19.5 Å². The average Bonchev–Trinajstić information content (AvgIpc) is 2.51. The number of halogens is 3. The van der Waals surface area contributed by atoms with Crippen LogP contribution in [-0.4, -0.2) is 40.0 Å². The lowest BCUT2D eigenvalue weighted by molar-refractivity contribution is -0.173. The molecular formula is C15H18F3NO4. The van der Waals surface area contributed by atoms with E-state index in [0.29, 0.717) is 11.3 Å². The van der Waals surface area contributed by atoms with Crippen LogP contribution in [0.15, 0.2) is 24.3 Å². The Labute approximate surface area is 132 Å². The molecule has 0 spiro atoms. The topological polar surface area (TPSA) is 56.8 Å². The van der Waals surface area contributed by atoms with Gasteiger partial charge in [0.05, 0.1) is 7.11 Å². The molecule has 0 heterocycles. The fraction of sp³-hybridized carbons (Fsp3) is 0.400. The first kappa shape index (κ1) is 19.0. The molecule has 0 radical (unpaired) electrons. The summed E-state index contributed by atoms with van der Waals surface area (Å²) in [6, 6.07) is 5.16. The molecule has 0 fully saturated rings. The minimum absolute atomic E-state index is 0.260. The maximum absolute atomic E-state index is 12.1. The van der Waals surface area contributed by atoms with Crippen molar-refractivity contribution >= 4 is 12.0 Å². The summed E-state index contributed by atoms with van der Waals surface area (Å²) in [4.78, 5) is 10.7. The molecule has 0 aliphatic rings. The van der Waals surface area contributed by atoms with Crippen LogP contribution in [0.3, 0.4) is 0 Å². The van der Waals surface area contributed by atoms with Crippen molar-refractivity contribution in [2.75, 3.05) is 27.9 Å². The smallest absolute Gasteiger partial charge is 0.471 e. The first-order chi connectivity index (χ1) is 10.8. The molecule has 5 nitrogen and oxygen atoms in total. The highest BCUT2D eigenvalue weighted by molar-refractivity contribution is 5.81.